The molecule has 2 aliphatic rings. The Labute approximate surface area is 252 Å². The highest BCUT2D eigenvalue weighted by Gasteiger charge is 2.38. The van der Waals surface area contributed by atoms with Crippen LogP contribution in [-0.4, -0.2) is 78.5 Å². The second-order valence-electron chi connectivity index (χ2n) is 11.0. The molecule has 9 heteroatoms. The van der Waals surface area contributed by atoms with E-state index < -0.39 is 12.0 Å². The molecule has 1 saturated heterocycles. The smallest absolute Gasteiger partial charge is 0.338 e. The van der Waals surface area contributed by atoms with Gasteiger partial charge in [-0.05, 0) is 62.7 Å². The van der Waals surface area contributed by atoms with E-state index in [1.807, 2.05) is 97.6 Å². The van der Waals surface area contributed by atoms with Crippen LogP contribution in [0.1, 0.15) is 41.4 Å². The number of amides is 3. The summed E-state index contributed by atoms with van der Waals surface area (Å²) in [7, 11) is 1.66. The van der Waals surface area contributed by atoms with Crippen LogP contribution in [0, 0.1) is 6.92 Å². The zero-order valence-corrected chi connectivity index (χ0v) is 25.1. The van der Waals surface area contributed by atoms with Crippen LogP contribution in [0.25, 0.3) is 0 Å². The zero-order chi connectivity index (χ0) is 30.5. The van der Waals surface area contributed by atoms with Crippen molar-refractivity contribution in [3.05, 3.63) is 107 Å². The van der Waals surface area contributed by atoms with Gasteiger partial charge in [-0.1, -0.05) is 48.0 Å². The standard InChI is InChI=1S/C34H38N4O5/c1-5-42-33(40)30-29(22-37-18-19-38(24(3)21-37)32(39)25-16-14-23(2)15-17-25)36(4)34(41)35-31(30)26-10-9-13-28(20-26)43-27-11-7-6-8-12-27/h6-17,20,24,31H,5,18-19,21-22H2,1-4H3,(H,35,41). The molecule has 0 aromatic heterocycles. The fraction of sp³-hybridized carbons (Fsp3) is 0.324. The molecule has 0 saturated carbocycles. The highest BCUT2D eigenvalue weighted by molar-refractivity contribution is 5.95. The second-order valence-corrected chi connectivity index (χ2v) is 11.0. The molecular formula is C34H38N4O5. The number of ether oxygens (including phenoxy) is 2. The molecule has 1 fully saturated rings. The van der Waals surface area contributed by atoms with E-state index in [2.05, 4.69) is 10.2 Å². The fourth-order valence-corrected chi connectivity index (χ4v) is 5.58. The Hall–Kier alpha value is -4.63. The lowest BCUT2D eigenvalue weighted by Gasteiger charge is -2.42. The third-order valence-electron chi connectivity index (χ3n) is 7.89. The average molecular weight is 583 g/mol. The first kappa shape index (κ1) is 29.8. The van der Waals surface area contributed by atoms with Crippen LogP contribution in [0.15, 0.2) is 90.1 Å². The normalized spacial score (nSPS) is 19.2. The van der Waals surface area contributed by atoms with Gasteiger partial charge in [0.05, 0.1) is 18.2 Å². The number of nitrogens with one attached hydrogen (secondary N) is 1. The second kappa shape index (κ2) is 13.1. The number of esters is 1. The molecule has 9 nitrogen and oxygen atoms in total. The predicted molar refractivity (Wildman–Crippen MR) is 164 cm³/mol. The summed E-state index contributed by atoms with van der Waals surface area (Å²) in [5, 5.41) is 2.98. The minimum Gasteiger partial charge on any atom is -0.463 e. The molecule has 1 N–H and O–H groups in total. The van der Waals surface area contributed by atoms with Crippen molar-refractivity contribution >= 4 is 17.9 Å². The average Bonchev–Trinajstić information content (AvgIpc) is 3.00. The highest BCUT2D eigenvalue weighted by atomic mass is 16.5. The maximum Gasteiger partial charge on any atom is 0.338 e. The maximum atomic E-state index is 13.5. The Kier molecular flexibility index (Phi) is 9.11. The number of hydrogen-bond donors (Lipinski definition) is 1. The lowest BCUT2D eigenvalue weighted by molar-refractivity contribution is -0.139. The number of aryl methyl sites for hydroxylation is 1. The molecule has 3 amide bonds. The summed E-state index contributed by atoms with van der Waals surface area (Å²) in [5.41, 5.74) is 3.44. The van der Waals surface area contributed by atoms with Gasteiger partial charge in [-0.15, -0.1) is 0 Å². The van der Waals surface area contributed by atoms with E-state index in [0.717, 1.165) is 5.56 Å². The summed E-state index contributed by atoms with van der Waals surface area (Å²) in [6.07, 6.45) is 0. The summed E-state index contributed by atoms with van der Waals surface area (Å²) in [4.78, 5) is 45.5. The quantitative estimate of drug-likeness (QED) is 0.370. The number of nitrogens with zero attached hydrogens (tertiary/aromatic N) is 3. The number of carbonyl (C=O) groups excluding carboxylic acids is 3. The third-order valence-corrected chi connectivity index (χ3v) is 7.89. The van der Waals surface area contributed by atoms with Crippen LogP contribution in [0.3, 0.4) is 0 Å². The third kappa shape index (κ3) is 6.73. The molecule has 0 radical (unpaired) electrons. The SMILES string of the molecule is CCOC(=O)C1=C(CN2CCN(C(=O)c3ccc(C)cc3)C(C)C2)N(C)C(=O)NC1c1cccc(Oc2ccccc2)c1. The van der Waals surface area contributed by atoms with Crippen molar-refractivity contribution in [1.29, 1.82) is 0 Å². The summed E-state index contributed by atoms with van der Waals surface area (Å²) in [6.45, 7) is 8.07. The summed E-state index contributed by atoms with van der Waals surface area (Å²) in [6, 6.07) is 23.3. The van der Waals surface area contributed by atoms with Crippen molar-refractivity contribution in [3.8, 4) is 11.5 Å². The van der Waals surface area contributed by atoms with E-state index in [0.29, 0.717) is 60.1 Å². The zero-order valence-electron chi connectivity index (χ0n) is 25.1. The fourth-order valence-electron chi connectivity index (χ4n) is 5.58. The molecule has 0 aliphatic carbocycles. The topological polar surface area (TPSA) is 91.4 Å². The van der Waals surface area contributed by atoms with Gasteiger partial charge >= 0.3 is 12.0 Å². The van der Waals surface area contributed by atoms with Gasteiger partial charge in [0, 0.05) is 50.5 Å². The van der Waals surface area contributed by atoms with Crippen molar-refractivity contribution in [1.82, 2.24) is 20.0 Å². The molecule has 3 aromatic rings. The maximum absolute atomic E-state index is 13.5. The molecule has 2 atom stereocenters. The molecular weight excluding hydrogens is 544 g/mol. The van der Waals surface area contributed by atoms with Gasteiger partial charge in [0.2, 0.25) is 0 Å². The van der Waals surface area contributed by atoms with Gasteiger partial charge in [0.25, 0.3) is 5.91 Å². The number of hydrogen-bond acceptors (Lipinski definition) is 6. The molecule has 0 bridgehead atoms. The van der Waals surface area contributed by atoms with Crippen molar-refractivity contribution in [2.45, 2.75) is 32.9 Å². The van der Waals surface area contributed by atoms with Crippen LogP contribution >= 0.6 is 0 Å². The van der Waals surface area contributed by atoms with E-state index in [4.69, 9.17) is 9.47 Å². The largest absolute Gasteiger partial charge is 0.463 e. The van der Waals surface area contributed by atoms with Crippen molar-refractivity contribution in [2.24, 2.45) is 0 Å². The minimum atomic E-state index is -0.723. The first-order valence-electron chi connectivity index (χ1n) is 14.6. The van der Waals surface area contributed by atoms with Gasteiger partial charge in [0.15, 0.2) is 0 Å². The van der Waals surface area contributed by atoms with Gasteiger partial charge < -0.3 is 19.7 Å². The molecule has 0 spiro atoms. The lowest BCUT2D eigenvalue weighted by Crippen LogP contribution is -2.56. The molecule has 3 aromatic carbocycles. The molecule has 224 valence electrons. The number of benzene rings is 3. The molecule has 5 rings (SSSR count). The minimum absolute atomic E-state index is 0.00501. The number of likely N-dealkylation sites (N-methyl/N-ethyl adjacent to an activating group) is 1. The van der Waals surface area contributed by atoms with Gasteiger partial charge in [-0.2, -0.15) is 0 Å². The van der Waals surface area contributed by atoms with E-state index >= 15 is 0 Å². The number of rotatable bonds is 8. The van der Waals surface area contributed by atoms with E-state index in [1.54, 1.807) is 14.0 Å². The van der Waals surface area contributed by atoms with Crippen LogP contribution in [0.4, 0.5) is 4.79 Å². The summed E-state index contributed by atoms with van der Waals surface area (Å²) in [5.74, 6) is 0.795. The summed E-state index contributed by atoms with van der Waals surface area (Å²) < 4.78 is 11.5. The number of urea groups is 1. The van der Waals surface area contributed by atoms with E-state index in [9.17, 15) is 14.4 Å². The van der Waals surface area contributed by atoms with Gasteiger partial charge in [-0.25, -0.2) is 9.59 Å². The van der Waals surface area contributed by atoms with Crippen molar-refractivity contribution in [3.63, 3.8) is 0 Å². The molecule has 2 unspecified atom stereocenters. The first-order chi connectivity index (χ1) is 20.7. The Balaban J connectivity index is 1.41. The van der Waals surface area contributed by atoms with Crippen LogP contribution in [-0.2, 0) is 9.53 Å². The Morgan fingerprint density at radius 2 is 1.67 bits per heavy atom. The Morgan fingerprint density at radius 1 is 0.953 bits per heavy atom. The van der Waals surface area contributed by atoms with Crippen LogP contribution in [0.2, 0.25) is 0 Å². The van der Waals surface area contributed by atoms with Crippen molar-refractivity contribution in [2.75, 3.05) is 39.8 Å². The molecule has 2 heterocycles. The first-order valence-corrected chi connectivity index (χ1v) is 14.6. The molecule has 43 heavy (non-hydrogen) atoms. The number of para-hydroxylation sites is 1. The monoisotopic (exact) mass is 582 g/mol. The van der Waals surface area contributed by atoms with Crippen LogP contribution in [0.5, 0.6) is 11.5 Å². The van der Waals surface area contributed by atoms with Crippen molar-refractivity contribution < 1.29 is 23.9 Å². The van der Waals surface area contributed by atoms with Gasteiger partial charge in [0.1, 0.15) is 11.5 Å². The lowest BCUT2D eigenvalue weighted by atomic mass is 9.94. The number of piperazine rings is 1. The van der Waals surface area contributed by atoms with E-state index in [-0.39, 0.29) is 24.6 Å². The van der Waals surface area contributed by atoms with E-state index in [1.165, 1.54) is 4.90 Å². The van der Waals surface area contributed by atoms with Crippen LogP contribution < -0.4 is 10.1 Å². The Bertz CT molecular complexity index is 1500. The predicted octanol–water partition coefficient (Wildman–Crippen LogP) is 5.15. The Morgan fingerprint density at radius 3 is 2.37 bits per heavy atom. The highest BCUT2D eigenvalue weighted by Crippen LogP contribution is 2.34. The molecule has 2 aliphatic heterocycles. The number of carbonyl (C=O) groups is 3. The summed E-state index contributed by atoms with van der Waals surface area (Å²) >= 11 is 0. The van der Waals surface area contributed by atoms with Gasteiger partial charge in [-0.3, -0.25) is 14.6 Å².